The van der Waals surface area contributed by atoms with Crippen LogP contribution in [0.1, 0.15) is 17.0 Å². The quantitative estimate of drug-likeness (QED) is 0.831. The highest BCUT2D eigenvalue weighted by molar-refractivity contribution is 7.91. The minimum atomic E-state index is -3.77. The summed E-state index contributed by atoms with van der Waals surface area (Å²) in [4.78, 5) is 4.22. The summed E-state index contributed by atoms with van der Waals surface area (Å²) in [5.41, 5.74) is 1.86. The number of halogens is 2. The van der Waals surface area contributed by atoms with Crippen LogP contribution < -0.4 is 0 Å². The molecule has 0 bridgehead atoms. The van der Waals surface area contributed by atoms with Gasteiger partial charge in [-0.25, -0.2) is 8.42 Å². The van der Waals surface area contributed by atoms with E-state index in [-0.39, 0.29) is 19.8 Å². The Bertz CT molecular complexity index is 743. The van der Waals surface area contributed by atoms with Crippen LogP contribution in [0.2, 0.25) is 10.0 Å². The lowest BCUT2D eigenvalue weighted by Crippen LogP contribution is -2.07. The van der Waals surface area contributed by atoms with Gasteiger partial charge in [0, 0.05) is 0 Å². The molecule has 1 aromatic heterocycles. The molecule has 6 heteroatoms. The van der Waals surface area contributed by atoms with E-state index >= 15 is 0 Å². The Morgan fingerprint density at radius 1 is 0.900 bits per heavy atom. The first kappa shape index (κ1) is 15.3. The van der Waals surface area contributed by atoms with Crippen LogP contribution in [-0.4, -0.2) is 13.4 Å². The van der Waals surface area contributed by atoms with Gasteiger partial charge in [-0.1, -0.05) is 40.9 Å². The molecule has 0 aliphatic carbocycles. The molecule has 0 fully saturated rings. The average molecular weight is 330 g/mol. The van der Waals surface area contributed by atoms with Gasteiger partial charge in [-0.2, -0.15) is 0 Å². The molecule has 106 valence electrons. The first-order chi connectivity index (χ1) is 9.25. The molecule has 1 heterocycles. The summed E-state index contributed by atoms with van der Waals surface area (Å²) in [7, 11) is -3.77. The summed E-state index contributed by atoms with van der Waals surface area (Å²) in [5, 5.41) is 0.141. The third-order valence-electron chi connectivity index (χ3n) is 2.97. The van der Waals surface area contributed by atoms with Crippen LogP contribution in [-0.2, 0) is 9.84 Å². The number of hydrogen-bond acceptors (Lipinski definition) is 3. The fourth-order valence-corrected chi connectivity index (χ4v) is 4.27. The number of pyridine rings is 1. The molecule has 0 spiro atoms. The minimum absolute atomic E-state index is 0.0705. The van der Waals surface area contributed by atoms with Gasteiger partial charge in [0.05, 0.1) is 26.3 Å². The Morgan fingerprint density at radius 2 is 1.35 bits per heavy atom. The average Bonchev–Trinajstić information content (AvgIpc) is 2.37. The maximum atomic E-state index is 12.7. The maximum Gasteiger partial charge on any atom is 0.209 e. The highest BCUT2D eigenvalue weighted by atomic mass is 35.5. The van der Waals surface area contributed by atoms with Gasteiger partial charge in [0.25, 0.3) is 0 Å². The zero-order valence-electron chi connectivity index (χ0n) is 11.2. The largest absolute Gasteiger partial charge is 0.255 e. The molecule has 0 amide bonds. The lowest BCUT2D eigenvalue weighted by atomic mass is 10.2. The van der Waals surface area contributed by atoms with E-state index in [1.54, 1.807) is 38.1 Å². The van der Waals surface area contributed by atoms with Crippen molar-refractivity contribution in [2.24, 2.45) is 0 Å². The molecular formula is C14H13Cl2NO2S. The lowest BCUT2D eigenvalue weighted by molar-refractivity contribution is 0.595. The topological polar surface area (TPSA) is 47.0 Å². The molecule has 2 aromatic rings. The number of rotatable bonds is 2. The Balaban J connectivity index is 2.76. The van der Waals surface area contributed by atoms with Crippen LogP contribution in [0.25, 0.3) is 0 Å². The molecule has 0 radical (unpaired) electrons. The molecule has 2 rings (SSSR count). The monoisotopic (exact) mass is 329 g/mol. The van der Waals surface area contributed by atoms with Gasteiger partial charge in [0.15, 0.2) is 0 Å². The van der Waals surface area contributed by atoms with E-state index in [9.17, 15) is 8.42 Å². The molecule has 0 aliphatic rings. The van der Waals surface area contributed by atoms with Crippen molar-refractivity contribution in [3.8, 4) is 0 Å². The molecule has 20 heavy (non-hydrogen) atoms. The Labute approximate surface area is 128 Å². The summed E-state index contributed by atoms with van der Waals surface area (Å²) in [6.45, 7) is 5.19. The Hall–Kier alpha value is -1.10. The number of nitrogens with zero attached hydrogens (tertiary/aromatic N) is 1. The normalized spacial score (nSPS) is 11.7. The van der Waals surface area contributed by atoms with Gasteiger partial charge in [-0.05, 0) is 32.9 Å². The number of aryl methyl sites for hydroxylation is 3. The van der Waals surface area contributed by atoms with Crippen LogP contribution in [0.3, 0.4) is 0 Å². The number of aromatic nitrogens is 1. The molecule has 0 N–H and O–H groups in total. The smallest absolute Gasteiger partial charge is 0.209 e. The third kappa shape index (κ3) is 2.55. The van der Waals surface area contributed by atoms with Crippen molar-refractivity contribution in [2.75, 3.05) is 0 Å². The predicted octanol–water partition coefficient (Wildman–Crippen LogP) is 4.15. The zero-order chi connectivity index (χ0) is 15.1. The fourth-order valence-electron chi connectivity index (χ4n) is 1.85. The van der Waals surface area contributed by atoms with E-state index in [2.05, 4.69) is 4.98 Å². The van der Waals surface area contributed by atoms with Crippen molar-refractivity contribution in [2.45, 2.75) is 30.6 Å². The van der Waals surface area contributed by atoms with Crippen molar-refractivity contribution in [1.29, 1.82) is 0 Å². The van der Waals surface area contributed by atoms with Crippen LogP contribution in [0, 0.1) is 20.8 Å². The van der Waals surface area contributed by atoms with Gasteiger partial charge < -0.3 is 0 Å². The van der Waals surface area contributed by atoms with Gasteiger partial charge in [-0.15, -0.1) is 0 Å². The zero-order valence-corrected chi connectivity index (χ0v) is 13.6. The first-order valence-electron chi connectivity index (χ1n) is 5.89. The summed E-state index contributed by atoms with van der Waals surface area (Å²) in [6, 6.07) is 6.55. The van der Waals surface area contributed by atoms with Crippen LogP contribution in [0.5, 0.6) is 0 Å². The molecule has 0 atom stereocenters. The molecule has 0 unspecified atom stereocenters. The minimum Gasteiger partial charge on any atom is -0.255 e. The van der Waals surface area contributed by atoms with Gasteiger partial charge in [0.2, 0.25) is 9.84 Å². The van der Waals surface area contributed by atoms with E-state index in [0.717, 1.165) is 5.56 Å². The van der Waals surface area contributed by atoms with Gasteiger partial charge >= 0.3 is 0 Å². The second-order valence-electron chi connectivity index (χ2n) is 4.56. The number of hydrogen-bond donors (Lipinski definition) is 0. The fraction of sp³-hybridized carbons (Fsp3) is 0.214. The highest BCUT2D eigenvalue weighted by Gasteiger charge is 2.27. The Kier molecular flexibility index (Phi) is 4.09. The molecule has 1 aromatic carbocycles. The second kappa shape index (κ2) is 5.35. The van der Waals surface area contributed by atoms with Crippen molar-refractivity contribution in [3.05, 3.63) is 51.3 Å². The number of benzene rings is 1. The summed E-state index contributed by atoms with van der Waals surface area (Å²) < 4.78 is 25.4. The standard InChI is InChI=1S/C14H13Cl2NO2S/c1-8-4-6-11(7-5-8)20(18,19)14-12(15)9(2)17-10(3)13(14)16/h4-7H,1-3H3. The molecule has 0 saturated heterocycles. The molecule has 0 aliphatic heterocycles. The summed E-state index contributed by atoms with van der Waals surface area (Å²) in [5.74, 6) is 0. The van der Waals surface area contributed by atoms with Crippen molar-refractivity contribution < 1.29 is 8.42 Å². The van der Waals surface area contributed by atoms with Crippen LogP contribution in [0.4, 0.5) is 0 Å². The second-order valence-corrected chi connectivity index (χ2v) is 7.20. The van der Waals surface area contributed by atoms with E-state index in [1.807, 2.05) is 6.92 Å². The predicted molar refractivity (Wildman–Crippen MR) is 80.4 cm³/mol. The van der Waals surface area contributed by atoms with Crippen LogP contribution in [0.15, 0.2) is 34.1 Å². The summed E-state index contributed by atoms with van der Waals surface area (Å²) in [6.07, 6.45) is 0. The lowest BCUT2D eigenvalue weighted by Gasteiger charge is -2.12. The molecular weight excluding hydrogens is 317 g/mol. The van der Waals surface area contributed by atoms with E-state index in [1.165, 1.54) is 0 Å². The number of sulfone groups is 1. The molecule has 0 saturated carbocycles. The van der Waals surface area contributed by atoms with Crippen molar-refractivity contribution in [1.82, 2.24) is 4.98 Å². The van der Waals surface area contributed by atoms with Crippen LogP contribution >= 0.6 is 23.2 Å². The van der Waals surface area contributed by atoms with Gasteiger partial charge in [0.1, 0.15) is 4.90 Å². The highest BCUT2D eigenvalue weighted by Crippen LogP contribution is 2.36. The van der Waals surface area contributed by atoms with Crippen molar-refractivity contribution >= 4 is 33.0 Å². The summed E-state index contributed by atoms with van der Waals surface area (Å²) >= 11 is 12.2. The molecule has 3 nitrogen and oxygen atoms in total. The SMILES string of the molecule is Cc1ccc(S(=O)(=O)c2c(Cl)c(C)nc(C)c2Cl)cc1. The third-order valence-corrected chi connectivity index (χ3v) is 5.96. The van der Waals surface area contributed by atoms with E-state index < -0.39 is 9.84 Å². The Morgan fingerprint density at radius 3 is 1.80 bits per heavy atom. The van der Waals surface area contributed by atoms with E-state index in [0.29, 0.717) is 11.4 Å². The van der Waals surface area contributed by atoms with Crippen molar-refractivity contribution in [3.63, 3.8) is 0 Å². The van der Waals surface area contributed by atoms with Gasteiger partial charge in [-0.3, -0.25) is 4.98 Å². The van der Waals surface area contributed by atoms with E-state index in [4.69, 9.17) is 23.2 Å². The maximum absolute atomic E-state index is 12.7. The first-order valence-corrected chi connectivity index (χ1v) is 8.13.